The predicted molar refractivity (Wildman–Crippen MR) is 69.4 cm³/mol. The topological polar surface area (TPSA) is 54.9 Å². The molecule has 5 heteroatoms. The predicted octanol–water partition coefficient (Wildman–Crippen LogP) is 2.37. The van der Waals surface area contributed by atoms with Crippen LogP contribution in [-0.2, 0) is 6.54 Å². The lowest BCUT2D eigenvalue weighted by Gasteiger charge is -2.07. The van der Waals surface area contributed by atoms with Gasteiger partial charge in [-0.3, -0.25) is 9.78 Å². The van der Waals surface area contributed by atoms with Crippen molar-refractivity contribution in [2.45, 2.75) is 13.5 Å². The minimum Gasteiger partial charge on any atom is -0.348 e. The van der Waals surface area contributed by atoms with Gasteiger partial charge in [0.05, 0.1) is 5.56 Å². The summed E-state index contributed by atoms with van der Waals surface area (Å²) in [7, 11) is 0. The van der Waals surface area contributed by atoms with Crippen molar-refractivity contribution < 1.29 is 4.79 Å². The highest BCUT2D eigenvalue weighted by atomic mass is 35.5. The van der Waals surface area contributed by atoms with Crippen LogP contribution in [0.15, 0.2) is 36.8 Å². The standard InChI is InChI=1S/C13H12ClN3O/c1-9-5-12(14)16-7-11(9)8-17-13(18)10-3-2-4-15-6-10/h2-7H,8H2,1H3,(H,17,18). The molecule has 0 unspecified atom stereocenters. The molecule has 0 saturated heterocycles. The number of halogens is 1. The zero-order valence-corrected chi connectivity index (χ0v) is 10.6. The molecule has 0 aliphatic heterocycles. The summed E-state index contributed by atoms with van der Waals surface area (Å²) in [6, 6.07) is 5.21. The first-order chi connectivity index (χ1) is 8.66. The lowest BCUT2D eigenvalue weighted by atomic mass is 10.1. The lowest BCUT2D eigenvalue weighted by Crippen LogP contribution is -2.23. The number of pyridine rings is 2. The molecule has 18 heavy (non-hydrogen) atoms. The van der Waals surface area contributed by atoms with E-state index in [4.69, 9.17) is 11.6 Å². The Morgan fingerprint density at radius 1 is 1.44 bits per heavy atom. The quantitative estimate of drug-likeness (QED) is 0.863. The number of nitrogens with one attached hydrogen (secondary N) is 1. The normalized spacial score (nSPS) is 10.1. The summed E-state index contributed by atoms with van der Waals surface area (Å²) in [6.07, 6.45) is 4.83. The molecule has 2 aromatic rings. The summed E-state index contributed by atoms with van der Waals surface area (Å²) in [5.74, 6) is -0.155. The summed E-state index contributed by atoms with van der Waals surface area (Å²) in [4.78, 5) is 19.7. The third kappa shape index (κ3) is 3.05. The number of rotatable bonds is 3. The Morgan fingerprint density at radius 2 is 2.28 bits per heavy atom. The van der Waals surface area contributed by atoms with Crippen LogP contribution in [0.5, 0.6) is 0 Å². The van der Waals surface area contributed by atoms with E-state index in [0.29, 0.717) is 17.3 Å². The molecular weight excluding hydrogens is 250 g/mol. The lowest BCUT2D eigenvalue weighted by molar-refractivity contribution is 0.0950. The van der Waals surface area contributed by atoms with Gasteiger partial charge in [0.25, 0.3) is 5.91 Å². The van der Waals surface area contributed by atoms with Crippen LogP contribution in [-0.4, -0.2) is 15.9 Å². The van der Waals surface area contributed by atoms with E-state index in [-0.39, 0.29) is 5.91 Å². The van der Waals surface area contributed by atoms with Gasteiger partial charge in [0.1, 0.15) is 5.15 Å². The van der Waals surface area contributed by atoms with Crippen molar-refractivity contribution in [2.75, 3.05) is 0 Å². The summed E-state index contributed by atoms with van der Waals surface area (Å²) >= 11 is 5.77. The highest BCUT2D eigenvalue weighted by molar-refractivity contribution is 6.29. The molecule has 0 atom stereocenters. The molecule has 0 aliphatic carbocycles. The summed E-state index contributed by atoms with van der Waals surface area (Å²) in [6.45, 7) is 2.35. The second kappa shape index (κ2) is 5.60. The number of aromatic nitrogens is 2. The third-order valence-corrected chi connectivity index (χ3v) is 2.76. The summed E-state index contributed by atoms with van der Waals surface area (Å²) in [5.41, 5.74) is 2.48. The number of hydrogen-bond acceptors (Lipinski definition) is 3. The monoisotopic (exact) mass is 261 g/mol. The molecule has 4 nitrogen and oxygen atoms in total. The Labute approximate surface area is 110 Å². The fraction of sp³-hybridized carbons (Fsp3) is 0.154. The van der Waals surface area contributed by atoms with Crippen LogP contribution in [0.4, 0.5) is 0 Å². The Balaban J connectivity index is 2.02. The van der Waals surface area contributed by atoms with Crippen molar-refractivity contribution in [3.8, 4) is 0 Å². The number of amides is 1. The first-order valence-corrected chi connectivity index (χ1v) is 5.84. The Bertz CT molecular complexity index is 557. The molecule has 1 N–H and O–H groups in total. The van der Waals surface area contributed by atoms with Crippen molar-refractivity contribution in [1.82, 2.24) is 15.3 Å². The van der Waals surface area contributed by atoms with E-state index in [9.17, 15) is 4.79 Å². The van der Waals surface area contributed by atoms with Gasteiger partial charge in [0.2, 0.25) is 0 Å². The Kier molecular flexibility index (Phi) is 3.89. The Morgan fingerprint density at radius 3 is 2.94 bits per heavy atom. The molecule has 0 aromatic carbocycles. The molecule has 92 valence electrons. The molecular formula is C13H12ClN3O. The maximum Gasteiger partial charge on any atom is 0.253 e. The van der Waals surface area contributed by atoms with Crippen LogP contribution >= 0.6 is 11.6 Å². The van der Waals surface area contributed by atoms with Gasteiger partial charge in [-0.15, -0.1) is 0 Å². The van der Waals surface area contributed by atoms with E-state index in [1.807, 2.05) is 6.92 Å². The molecule has 0 fully saturated rings. The summed E-state index contributed by atoms with van der Waals surface area (Å²) in [5, 5.41) is 3.27. The van der Waals surface area contributed by atoms with Gasteiger partial charge in [-0.25, -0.2) is 4.98 Å². The molecule has 2 rings (SSSR count). The SMILES string of the molecule is Cc1cc(Cl)ncc1CNC(=O)c1cccnc1. The maximum absolute atomic E-state index is 11.8. The fourth-order valence-corrected chi connectivity index (χ4v) is 1.72. The van der Waals surface area contributed by atoms with E-state index in [1.54, 1.807) is 30.6 Å². The molecule has 2 aromatic heterocycles. The van der Waals surface area contributed by atoms with Crippen molar-refractivity contribution in [2.24, 2.45) is 0 Å². The van der Waals surface area contributed by atoms with E-state index in [2.05, 4.69) is 15.3 Å². The van der Waals surface area contributed by atoms with Gasteiger partial charge < -0.3 is 5.32 Å². The van der Waals surface area contributed by atoms with Crippen LogP contribution in [0.25, 0.3) is 0 Å². The van der Waals surface area contributed by atoms with Gasteiger partial charge in [-0.05, 0) is 36.2 Å². The van der Waals surface area contributed by atoms with Crippen molar-refractivity contribution in [1.29, 1.82) is 0 Å². The van der Waals surface area contributed by atoms with Gasteiger partial charge in [-0.2, -0.15) is 0 Å². The minimum absolute atomic E-state index is 0.155. The van der Waals surface area contributed by atoms with Crippen LogP contribution < -0.4 is 5.32 Å². The molecule has 0 aliphatic rings. The fourth-order valence-electron chi connectivity index (χ4n) is 1.51. The van der Waals surface area contributed by atoms with Crippen molar-refractivity contribution in [3.63, 3.8) is 0 Å². The van der Waals surface area contributed by atoms with E-state index < -0.39 is 0 Å². The number of hydrogen-bond donors (Lipinski definition) is 1. The highest BCUT2D eigenvalue weighted by Gasteiger charge is 2.06. The first-order valence-electron chi connectivity index (χ1n) is 5.46. The van der Waals surface area contributed by atoms with E-state index in [0.717, 1.165) is 11.1 Å². The molecule has 0 spiro atoms. The molecule has 1 amide bonds. The molecule has 0 radical (unpaired) electrons. The highest BCUT2D eigenvalue weighted by Crippen LogP contribution is 2.11. The van der Waals surface area contributed by atoms with Crippen LogP contribution in [0, 0.1) is 6.92 Å². The zero-order valence-electron chi connectivity index (χ0n) is 9.85. The summed E-state index contributed by atoms with van der Waals surface area (Å²) < 4.78 is 0. The average Bonchev–Trinajstić information content (AvgIpc) is 2.38. The van der Waals surface area contributed by atoms with E-state index in [1.165, 1.54) is 6.20 Å². The van der Waals surface area contributed by atoms with E-state index >= 15 is 0 Å². The number of nitrogens with zero attached hydrogens (tertiary/aromatic N) is 2. The first kappa shape index (κ1) is 12.5. The maximum atomic E-state index is 11.8. The number of carbonyl (C=O) groups is 1. The Hall–Kier alpha value is -1.94. The second-order valence-corrected chi connectivity index (χ2v) is 4.25. The zero-order chi connectivity index (χ0) is 13.0. The van der Waals surface area contributed by atoms with Crippen LogP contribution in [0.2, 0.25) is 5.15 Å². The van der Waals surface area contributed by atoms with Crippen molar-refractivity contribution >= 4 is 17.5 Å². The molecule has 0 bridgehead atoms. The van der Waals surface area contributed by atoms with Crippen LogP contribution in [0.1, 0.15) is 21.5 Å². The van der Waals surface area contributed by atoms with Crippen LogP contribution in [0.3, 0.4) is 0 Å². The number of carbonyl (C=O) groups excluding carboxylic acids is 1. The number of aryl methyl sites for hydroxylation is 1. The van der Waals surface area contributed by atoms with Gasteiger partial charge in [-0.1, -0.05) is 11.6 Å². The molecule has 0 saturated carbocycles. The van der Waals surface area contributed by atoms with Gasteiger partial charge in [0, 0.05) is 25.1 Å². The smallest absolute Gasteiger partial charge is 0.253 e. The average molecular weight is 262 g/mol. The molecule has 2 heterocycles. The second-order valence-electron chi connectivity index (χ2n) is 3.86. The minimum atomic E-state index is -0.155. The van der Waals surface area contributed by atoms with Gasteiger partial charge >= 0.3 is 0 Å². The van der Waals surface area contributed by atoms with Crippen molar-refractivity contribution in [3.05, 3.63) is 58.6 Å². The third-order valence-electron chi connectivity index (χ3n) is 2.55. The van der Waals surface area contributed by atoms with Gasteiger partial charge in [0.15, 0.2) is 0 Å². The largest absolute Gasteiger partial charge is 0.348 e.